The number of rotatable bonds is 6. The summed E-state index contributed by atoms with van der Waals surface area (Å²) in [5.41, 5.74) is 0. The Kier molecular flexibility index (Phi) is 6.33. The fourth-order valence-corrected chi connectivity index (χ4v) is 2.05. The van der Waals surface area contributed by atoms with Crippen LogP contribution in [0.2, 0.25) is 0 Å². The van der Waals surface area contributed by atoms with Gasteiger partial charge in [0.05, 0.1) is 12.7 Å². The van der Waals surface area contributed by atoms with E-state index in [2.05, 4.69) is 32.6 Å². The monoisotopic (exact) mass is 203 g/mol. The van der Waals surface area contributed by atoms with Crippen molar-refractivity contribution in [2.75, 3.05) is 13.7 Å². The van der Waals surface area contributed by atoms with Gasteiger partial charge in [-0.15, -0.1) is 0 Å². The molecule has 0 aromatic heterocycles. The van der Waals surface area contributed by atoms with Gasteiger partial charge in [-0.3, -0.25) is 4.90 Å². The second kappa shape index (κ2) is 6.38. The summed E-state index contributed by atoms with van der Waals surface area (Å²) >= 11 is 0. The van der Waals surface area contributed by atoms with Crippen molar-refractivity contribution in [1.29, 1.82) is 0 Å². The largest absolute Gasteiger partial charge is 0.389 e. The maximum atomic E-state index is 9.82. The van der Waals surface area contributed by atoms with Gasteiger partial charge >= 0.3 is 0 Å². The molecule has 0 amide bonds. The zero-order chi connectivity index (χ0) is 11.3. The molecule has 0 aliphatic rings. The normalized spacial score (nSPS) is 16.7. The first-order valence-electron chi connectivity index (χ1n) is 5.36. The van der Waals surface area contributed by atoms with Crippen molar-refractivity contribution in [2.45, 2.75) is 58.8 Å². The lowest BCUT2D eigenvalue weighted by Crippen LogP contribution is -2.50. The Bertz CT molecular complexity index is 140. The van der Waals surface area contributed by atoms with Gasteiger partial charge in [0.2, 0.25) is 0 Å². The molecule has 14 heavy (non-hydrogen) atoms. The van der Waals surface area contributed by atoms with Crippen LogP contribution in [0.4, 0.5) is 0 Å². The van der Waals surface area contributed by atoms with Gasteiger partial charge in [0, 0.05) is 25.2 Å². The molecule has 0 saturated carbocycles. The third-order valence-corrected chi connectivity index (χ3v) is 2.56. The van der Waals surface area contributed by atoms with Crippen molar-refractivity contribution in [3.63, 3.8) is 0 Å². The molecule has 0 aliphatic heterocycles. The average molecular weight is 203 g/mol. The van der Waals surface area contributed by atoms with Crippen molar-refractivity contribution < 1.29 is 9.84 Å². The molecule has 2 atom stereocenters. The first kappa shape index (κ1) is 13.9. The summed E-state index contributed by atoms with van der Waals surface area (Å²) in [6.07, 6.45) is -0.412. The molecular formula is C11H25NO2. The van der Waals surface area contributed by atoms with Crippen molar-refractivity contribution in [1.82, 2.24) is 4.90 Å². The van der Waals surface area contributed by atoms with Gasteiger partial charge in [0.25, 0.3) is 0 Å². The molecule has 0 aliphatic carbocycles. The van der Waals surface area contributed by atoms with Crippen molar-refractivity contribution >= 4 is 0 Å². The first-order valence-corrected chi connectivity index (χ1v) is 5.36. The molecule has 0 spiro atoms. The van der Waals surface area contributed by atoms with E-state index in [1.54, 1.807) is 7.11 Å². The fourth-order valence-electron chi connectivity index (χ4n) is 2.05. The second-order valence-electron chi connectivity index (χ2n) is 4.40. The Morgan fingerprint density at radius 3 is 1.79 bits per heavy atom. The summed E-state index contributed by atoms with van der Waals surface area (Å²) in [6, 6.07) is 1.02. The number of nitrogens with zero attached hydrogens (tertiary/aromatic N) is 1. The van der Waals surface area contributed by atoms with Crippen molar-refractivity contribution in [3.8, 4) is 0 Å². The smallest absolute Gasteiger partial charge is 0.0925 e. The maximum Gasteiger partial charge on any atom is 0.0925 e. The zero-order valence-corrected chi connectivity index (χ0v) is 10.3. The number of ether oxygens (including phenoxy) is 1. The SMILES string of the molecule is COC[C@H](O)[C@H](C)N(C(C)C)C(C)C. The molecule has 0 bridgehead atoms. The minimum Gasteiger partial charge on any atom is -0.389 e. The molecule has 0 fully saturated rings. The number of aliphatic hydroxyl groups is 1. The molecule has 0 radical (unpaired) electrons. The van der Waals surface area contributed by atoms with Gasteiger partial charge in [-0.2, -0.15) is 0 Å². The van der Waals surface area contributed by atoms with Crippen LogP contribution in [0, 0.1) is 0 Å². The van der Waals surface area contributed by atoms with Crippen molar-refractivity contribution in [3.05, 3.63) is 0 Å². The fraction of sp³-hybridized carbons (Fsp3) is 1.00. The van der Waals surface area contributed by atoms with Crippen LogP contribution in [0.1, 0.15) is 34.6 Å². The van der Waals surface area contributed by atoms with E-state index in [9.17, 15) is 5.11 Å². The summed E-state index contributed by atoms with van der Waals surface area (Å²) in [7, 11) is 1.62. The Morgan fingerprint density at radius 2 is 1.50 bits per heavy atom. The van der Waals surface area contributed by atoms with E-state index in [0.29, 0.717) is 18.7 Å². The Morgan fingerprint density at radius 1 is 1.07 bits per heavy atom. The summed E-state index contributed by atoms with van der Waals surface area (Å²) < 4.78 is 4.96. The summed E-state index contributed by atoms with van der Waals surface area (Å²) in [5.74, 6) is 0. The van der Waals surface area contributed by atoms with Gasteiger partial charge in [-0.05, 0) is 34.6 Å². The number of hydrogen-bond acceptors (Lipinski definition) is 3. The molecule has 0 rings (SSSR count). The van der Waals surface area contributed by atoms with Crippen LogP contribution in [-0.4, -0.2) is 48.0 Å². The topological polar surface area (TPSA) is 32.7 Å². The molecule has 0 aromatic rings. The van der Waals surface area contributed by atoms with Gasteiger partial charge in [0.1, 0.15) is 0 Å². The highest BCUT2D eigenvalue weighted by molar-refractivity contribution is 4.79. The van der Waals surface area contributed by atoms with Gasteiger partial charge < -0.3 is 9.84 Å². The second-order valence-corrected chi connectivity index (χ2v) is 4.40. The zero-order valence-electron chi connectivity index (χ0n) is 10.3. The molecule has 0 unspecified atom stereocenters. The Labute approximate surface area is 88.1 Å². The molecule has 0 saturated heterocycles. The van der Waals surface area contributed by atoms with Crippen LogP contribution in [0.5, 0.6) is 0 Å². The lowest BCUT2D eigenvalue weighted by molar-refractivity contribution is -0.0183. The third kappa shape index (κ3) is 3.95. The summed E-state index contributed by atoms with van der Waals surface area (Å²) in [6.45, 7) is 11.0. The van der Waals surface area contributed by atoms with E-state index in [1.165, 1.54) is 0 Å². The lowest BCUT2D eigenvalue weighted by atomic mass is 10.1. The Hall–Kier alpha value is -0.120. The van der Waals surface area contributed by atoms with E-state index in [-0.39, 0.29) is 6.04 Å². The molecule has 3 nitrogen and oxygen atoms in total. The molecule has 0 aromatic carbocycles. The first-order chi connectivity index (χ1) is 6.41. The van der Waals surface area contributed by atoms with Crippen LogP contribution >= 0.6 is 0 Å². The van der Waals surface area contributed by atoms with Crippen LogP contribution < -0.4 is 0 Å². The van der Waals surface area contributed by atoms with Gasteiger partial charge in [-0.1, -0.05) is 0 Å². The maximum absolute atomic E-state index is 9.82. The highest BCUT2D eigenvalue weighted by atomic mass is 16.5. The summed E-state index contributed by atoms with van der Waals surface area (Å²) in [5, 5.41) is 9.82. The van der Waals surface area contributed by atoms with Crippen LogP contribution in [-0.2, 0) is 4.74 Å². The number of aliphatic hydroxyl groups excluding tert-OH is 1. The van der Waals surface area contributed by atoms with E-state index < -0.39 is 6.10 Å². The molecule has 86 valence electrons. The lowest BCUT2D eigenvalue weighted by Gasteiger charge is -2.38. The van der Waals surface area contributed by atoms with E-state index in [0.717, 1.165) is 0 Å². The van der Waals surface area contributed by atoms with E-state index in [4.69, 9.17) is 4.74 Å². The minimum absolute atomic E-state index is 0.134. The van der Waals surface area contributed by atoms with E-state index in [1.807, 2.05) is 6.92 Å². The van der Waals surface area contributed by atoms with Crippen LogP contribution in [0.3, 0.4) is 0 Å². The molecule has 3 heteroatoms. The number of hydrogen-bond donors (Lipinski definition) is 1. The molecule has 0 heterocycles. The van der Waals surface area contributed by atoms with Gasteiger partial charge in [0.15, 0.2) is 0 Å². The molecule has 1 N–H and O–H groups in total. The average Bonchev–Trinajstić information content (AvgIpc) is 2.03. The minimum atomic E-state index is -0.412. The van der Waals surface area contributed by atoms with Crippen LogP contribution in [0.15, 0.2) is 0 Å². The molecular weight excluding hydrogens is 178 g/mol. The van der Waals surface area contributed by atoms with Crippen molar-refractivity contribution in [2.24, 2.45) is 0 Å². The quantitative estimate of drug-likeness (QED) is 0.710. The number of methoxy groups -OCH3 is 1. The predicted octanol–water partition coefficient (Wildman–Crippen LogP) is 1.50. The standard InChI is InChI=1S/C11H25NO2/c1-8(2)12(9(3)4)10(5)11(13)7-14-6/h8-11,13H,7H2,1-6H3/t10-,11-/m0/s1. The Balaban J connectivity index is 4.35. The highest BCUT2D eigenvalue weighted by Gasteiger charge is 2.25. The van der Waals surface area contributed by atoms with Gasteiger partial charge in [-0.25, -0.2) is 0 Å². The summed E-state index contributed by atoms with van der Waals surface area (Å²) in [4.78, 5) is 2.30. The third-order valence-electron chi connectivity index (χ3n) is 2.56. The predicted molar refractivity (Wildman–Crippen MR) is 59.5 cm³/mol. The highest BCUT2D eigenvalue weighted by Crippen LogP contribution is 2.13. The van der Waals surface area contributed by atoms with E-state index >= 15 is 0 Å². The van der Waals surface area contributed by atoms with Crippen LogP contribution in [0.25, 0.3) is 0 Å².